The maximum absolute atomic E-state index is 12.3. The van der Waals surface area contributed by atoms with Crippen molar-refractivity contribution in [1.29, 1.82) is 0 Å². The van der Waals surface area contributed by atoms with Crippen LogP contribution in [0, 0.1) is 0 Å². The first-order valence-electron chi connectivity index (χ1n) is 6.70. The van der Waals surface area contributed by atoms with E-state index >= 15 is 0 Å². The lowest BCUT2D eigenvalue weighted by atomic mass is 9.98. The summed E-state index contributed by atoms with van der Waals surface area (Å²) in [7, 11) is 0. The van der Waals surface area contributed by atoms with E-state index in [4.69, 9.17) is 17.3 Å². The predicted molar refractivity (Wildman–Crippen MR) is 77.8 cm³/mol. The Balaban J connectivity index is 1.83. The molecule has 3 rings (SSSR count). The van der Waals surface area contributed by atoms with Gasteiger partial charge in [-0.3, -0.25) is 9.59 Å². The third-order valence-electron chi connectivity index (χ3n) is 4.01. The number of nitrogens with one attached hydrogen (secondary N) is 2. The van der Waals surface area contributed by atoms with Crippen molar-refractivity contribution in [3.05, 3.63) is 22.7 Å². The molecule has 1 fully saturated rings. The van der Waals surface area contributed by atoms with Crippen molar-refractivity contribution in [2.75, 3.05) is 10.6 Å². The fourth-order valence-electron chi connectivity index (χ4n) is 2.82. The molecule has 0 atom stereocenters. The summed E-state index contributed by atoms with van der Waals surface area (Å²) in [5.41, 5.74) is 7.39. The topological polar surface area (TPSA) is 84.2 Å². The van der Waals surface area contributed by atoms with Crippen LogP contribution in [0.15, 0.2) is 12.1 Å². The van der Waals surface area contributed by atoms with E-state index in [1.807, 2.05) is 0 Å². The second-order valence-electron chi connectivity index (χ2n) is 5.53. The van der Waals surface area contributed by atoms with Gasteiger partial charge in [-0.25, -0.2) is 0 Å². The molecule has 1 aromatic rings. The maximum atomic E-state index is 12.3. The molecule has 1 aliphatic heterocycles. The van der Waals surface area contributed by atoms with Crippen molar-refractivity contribution in [2.45, 2.75) is 37.6 Å². The van der Waals surface area contributed by atoms with Gasteiger partial charge in [0.15, 0.2) is 0 Å². The van der Waals surface area contributed by atoms with E-state index in [1.54, 1.807) is 12.1 Å². The number of hydrogen-bond donors (Lipinski definition) is 3. The maximum Gasteiger partial charge on any atom is 0.244 e. The van der Waals surface area contributed by atoms with Gasteiger partial charge < -0.3 is 16.4 Å². The van der Waals surface area contributed by atoms with E-state index in [0.29, 0.717) is 35.7 Å². The van der Waals surface area contributed by atoms with Crippen LogP contribution in [0.2, 0.25) is 5.02 Å². The Bertz CT molecular complexity index is 594. The van der Waals surface area contributed by atoms with Gasteiger partial charge in [-0.1, -0.05) is 24.4 Å². The zero-order chi connectivity index (χ0) is 14.3. The first-order valence-corrected chi connectivity index (χ1v) is 7.08. The molecule has 106 valence electrons. The highest BCUT2D eigenvalue weighted by Crippen LogP contribution is 2.34. The molecule has 1 saturated carbocycles. The van der Waals surface area contributed by atoms with Crippen molar-refractivity contribution in [3.8, 4) is 0 Å². The SMILES string of the molecule is NC1(C(=O)Nc2cc3c(cc2Cl)NC(=O)C3)CCCC1. The summed E-state index contributed by atoms with van der Waals surface area (Å²) in [6.45, 7) is 0. The number of nitrogens with two attached hydrogens (primary N) is 1. The van der Waals surface area contributed by atoms with E-state index in [1.165, 1.54) is 0 Å². The van der Waals surface area contributed by atoms with E-state index in [-0.39, 0.29) is 11.8 Å². The molecular weight excluding hydrogens is 278 g/mol. The number of hydrogen-bond acceptors (Lipinski definition) is 3. The van der Waals surface area contributed by atoms with Gasteiger partial charge in [-0.2, -0.15) is 0 Å². The highest BCUT2D eigenvalue weighted by atomic mass is 35.5. The molecule has 1 aliphatic carbocycles. The zero-order valence-corrected chi connectivity index (χ0v) is 11.7. The molecule has 2 amide bonds. The Morgan fingerprint density at radius 1 is 1.35 bits per heavy atom. The monoisotopic (exact) mass is 293 g/mol. The zero-order valence-electron chi connectivity index (χ0n) is 11.0. The average Bonchev–Trinajstić information content (AvgIpc) is 2.96. The average molecular weight is 294 g/mol. The summed E-state index contributed by atoms with van der Waals surface area (Å²) in [5, 5.41) is 5.93. The van der Waals surface area contributed by atoms with Gasteiger partial charge in [0.2, 0.25) is 11.8 Å². The Kier molecular flexibility index (Phi) is 3.18. The number of carbonyl (C=O) groups is 2. The molecule has 2 aliphatic rings. The van der Waals surface area contributed by atoms with Crippen LogP contribution in [-0.2, 0) is 16.0 Å². The van der Waals surface area contributed by atoms with E-state index in [2.05, 4.69) is 10.6 Å². The third kappa shape index (κ3) is 2.27. The van der Waals surface area contributed by atoms with Crippen LogP contribution >= 0.6 is 11.6 Å². The lowest BCUT2D eigenvalue weighted by molar-refractivity contribution is -0.121. The van der Waals surface area contributed by atoms with Crippen molar-refractivity contribution in [1.82, 2.24) is 0 Å². The molecule has 20 heavy (non-hydrogen) atoms. The molecular formula is C14H16ClN3O2. The van der Waals surface area contributed by atoms with Crippen LogP contribution in [-0.4, -0.2) is 17.4 Å². The van der Waals surface area contributed by atoms with Gasteiger partial charge in [0, 0.05) is 5.69 Å². The number of rotatable bonds is 2. The first kappa shape index (κ1) is 13.4. The number of carbonyl (C=O) groups excluding carboxylic acids is 2. The Morgan fingerprint density at radius 2 is 2.05 bits per heavy atom. The number of amides is 2. The predicted octanol–water partition coefficient (Wildman–Crippen LogP) is 2.04. The summed E-state index contributed by atoms with van der Waals surface area (Å²) < 4.78 is 0. The second kappa shape index (κ2) is 4.75. The van der Waals surface area contributed by atoms with Crippen LogP contribution < -0.4 is 16.4 Å². The van der Waals surface area contributed by atoms with Crippen LogP contribution in [0.25, 0.3) is 0 Å². The number of benzene rings is 1. The Labute approximate surface area is 121 Å². The summed E-state index contributed by atoms with van der Waals surface area (Å²) >= 11 is 6.14. The number of halogens is 1. The minimum absolute atomic E-state index is 0.0642. The van der Waals surface area contributed by atoms with Gasteiger partial charge in [-0.15, -0.1) is 0 Å². The minimum atomic E-state index is -0.795. The first-order chi connectivity index (χ1) is 9.48. The Hall–Kier alpha value is -1.59. The van der Waals surface area contributed by atoms with Crippen molar-refractivity contribution in [3.63, 3.8) is 0 Å². The molecule has 0 saturated heterocycles. The van der Waals surface area contributed by atoms with Crippen molar-refractivity contribution >= 4 is 34.8 Å². The van der Waals surface area contributed by atoms with E-state index in [9.17, 15) is 9.59 Å². The van der Waals surface area contributed by atoms with Crippen molar-refractivity contribution < 1.29 is 9.59 Å². The molecule has 0 bridgehead atoms. The van der Waals surface area contributed by atoms with Crippen LogP contribution in [0.3, 0.4) is 0 Å². The van der Waals surface area contributed by atoms with Gasteiger partial charge in [0.25, 0.3) is 0 Å². The van der Waals surface area contributed by atoms with Gasteiger partial charge in [0.05, 0.1) is 22.7 Å². The van der Waals surface area contributed by atoms with Crippen LogP contribution in [0.5, 0.6) is 0 Å². The minimum Gasteiger partial charge on any atom is -0.325 e. The molecule has 4 N–H and O–H groups in total. The van der Waals surface area contributed by atoms with Gasteiger partial charge in [-0.05, 0) is 30.5 Å². The second-order valence-corrected chi connectivity index (χ2v) is 5.94. The summed E-state index contributed by atoms with van der Waals surface area (Å²) in [4.78, 5) is 23.6. The molecule has 1 aromatic carbocycles. The lowest BCUT2D eigenvalue weighted by Crippen LogP contribution is -2.48. The highest BCUT2D eigenvalue weighted by Gasteiger charge is 2.37. The van der Waals surface area contributed by atoms with Gasteiger partial charge >= 0.3 is 0 Å². The number of fused-ring (bicyclic) bond motifs is 1. The molecule has 5 nitrogen and oxygen atoms in total. The van der Waals surface area contributed by atoms with E-state index < -0.39 is 5.54 Å². The fraction of sp³-hybridized carbons (Fsp3) is 0.429. The van der Waals surface area contributed by atoms with Crippen molar-refractivity contribution in [2.24, 2.45) is 5.73 Å². The summed E-state index contributed by atoms with van der Waals surface area (Å²) in [6, 6.07) is 3.40. The molecule has 0 aromatic heterocycles. The number of anilines is 2. The largest absolute Gasteiger partial charge is 0.325 e. The summed E-state index contributed by atoms with van der Waals surface area (Å²) in [6.07, 6.45) is 3.65. The normalized spacial score (nSPS) is 19.6. The standard InChI is InChI=1S/C14H16ClN3O2/c15-9-7-10-8(6-12(19)17-10)5-11(9)18-13(20)14(16)3-1-2-4-14/h5,7H,1-4,6,16H2,(H,17,19)(H,18,20). The van der Waals surface area contributed by atoms with Crippen LogP contribution in [0.4, 0.5) is 11.4 Å². The fourth-order valence-corrected chi connectivity index (χ4v) is 3.03. The molecule has 0 unspecified atom stereocenters. The van der Waals surface area contributed by atoms with Crippen LogP contribution in [0.1, 0.15) is 31.2 Å². The third-order valence-corrected chi connectivity index (χ3v) is 4.33. The lowest BCUT2D eigenvalue weighted by Gasteiger charge is -2.22. The molecule has 0 spiro atoms. The molecule has 0 radical (unpaired) electrons. The quantitative estimate of drug-likeness (QED) is 0.780. The molecule has 6 heteroatoms. The molecule has 1 heterocycles. The van der Waals surface area contributed by atoms with E-state index in [0.717, 1.165) is 18.4 Å². The van der Waals surface area contributed by atoms with Gasteiger partial charge in [0.1, 0.15) is 0 Å². The smallest absolute Gasteiger partial charge is 0.244 e. The highest BCUT2D eigenvalue weighted by molar-refractivity contribution is 6.34. The Morgan fingerprint density at radius 3 is 2.75 bits per heavy atom. The summed E-state index contributed by atoms with van der Waals surface area (Å²) in [5.74, 6) is -0.264.